The first kappa shape index (κ1) is 16.9. The van der Waals surface area contributed by atoms with Gasteiger partial charge in [-0.05, 0) is 12.8 Å². The largest absolute Gasteiger partial charge is 0.277 e. The summed E-state index contributed by atoms with van der Waals surface area (Å²) in [5.41, 5.74) is 3.37. The highest BCUT2D eigenvalue weighted by Gasteiger charge is 2.25. The molecule has 0 saturated carbocycles. The fourth-order valence-corrected chi connectivity index (χ4v) is 4.63. The van der Waals surface area contributed by atoms with Gasteiger partial charge in [-0.2, -0.15) is 5.10 Å². The molecule has 0 bridgehead atoms. The Hall–Kier alpha value is -2.52. The molecule has 0 spiro atoms. The van der Waals surface area contributed by atoms with Gasteiger partial charge in [0.2, 0.25) is 10.0 Å². The third-order valence-electron chi connectivity index (χ3n) is 4.55. The van der Waals surface area contributed by atoms with Gasteiger partial charge in [-0.15, -0.1) is 5.10 Å². The summed E-state index contributed by atoms with van der Waals surface area (Å²) in [6.45, 7) is 1.53. The van der Waals surface area contributed by atoms with Gasteiger partial charge in [0.25, 0.3) is 0 Å². The third kappa shape index (κ3) is 3.40. The number of hydrogen-bond acceptors (Lipinski definition) is 5. The lowest BCUT2D eigenvalue weighted by Crippen LogP contribution is -2.31. The van der Waals surface area contributed by atoms with Gasteiger partial charge in [0, 0.05) is 24.2 Å². The zero-order chi connectivity index (χ0) is 18.0. The molecule has 26 heavy (non-hydrogen) atoms. The molecule has 1 N–H and O–H groups in total. The summed E-state index contributed by atoms with van der Waals surface area (Å²) in [6.07, 6.45) is 5.35. The maximum absolute atomic E-state index is 12.3. The van der Waals surface area contributed by atoms with E-state index in [0.717, 1.165) is 29.7 Å². The first-order valence-corrected chi connectivity index (χ1v) is 10.2. The Bertz CT molecular complexity index is 974. The average Bonchev–Trinajstić information content (AvgIpc) is 3.42. The highest BCUT2D eigenvalue weighted by Crippen LogP contribution is 2.28. The Morgan fingerprint density at radius 2 is 1.88 bits per heavy atom. The van der Waals surface area contributed by atoms with E-state index in [-0.39, 0.29) is 12.3 Å². The molecule has 3 aromatic rings. The summed E-state index contributed by atoms with van der Waals surface area (Å²) in [5, 5.41) is 15.4. The van der Waals surface area contributed by atoms with Gasteiger partial charge in [-0.3, -0.25) is 9.78 Å². The first-order chi connectivity index (χ1) is 12.6. The van der Waals surface area contributed by atoms with Crippen molar-refractivity contribution >= 4 is 10.0 Å². The smallest absolute Gasteiger partial charge is 0.215 e. The Labute approximate surface area is 151 Å². The normalized spacial score (nSPS) is 15.5. The van der Waals surface area contributed by atoms with E-state index in [2.05, 4.69) is 20.5 Å². The van der Waals surface area contributed by atoms with E-state index in [1.54, 1.807) is 21.4 Å². The predicted octanol–water partition coefficient (Wildman–Crippen LogP) is 1.76. The number of aryl methyl sites for hydroxylation is 1. The minimum absolute atomic E-state index is 0.0345. The molecule has 8 nitrogen and oxygen atoms in total. The van der Waals surface area contributed by atoms with Crippen molar-refractivity contribution < 1.29 is 8.42 Å². The minimum atomic E-state index is -3.23. The summed E-state index contributed by atoms with van der Waals surface area (Å²) in [7, 11) is -3.23. The highest BCUT2D eigenvalue weighted by atomic mass is 32.2. The molecule has 4 rings (SSSR count). The average molecular weight is 372 g/mol. The molecule has 9 heteroatoms. The van der Waals surface area contributed by atoms with Crippen LogP contribution in [0.2, 0.25) is 0 Å². The number of aromatic nitrogens is 5. The van der Waals surface area contributed by atoms with E-state index in [0.29, 0.717) is 18.8 Å². The fourth-order valence-electron chi connectivity index (χ4n) is 3.14. The Kier molecular flexibility index (Phi) is 4.56. The van der Waals surface area contributed by atoms with Crippen LogP contribution in [-0.2, 0) is 16.6 Å². The zero-order valence-corrected chi connectivity index (χ0v) is 15.1. The van der Waals surface area contributed by atoms with Crippen molar-refractivity contribution in [1.82, 2.24) is 29.5 Å². The van der Waals surface area contributed by atoms with Crippen LogP contribution in [0.25, 0.3) is 22.5 Å². The number of nitrogens with one attached hydrogen (secondary N) is 1. The van der Waals surface area contributed by atoms with Crippen LogP contribution in [0, 0.1) is 0 Å². The van der Waals surface area contributed by atoms with Gasteiger partial charge in [0.1, 0.15) is 5.69 Å². The molecule has 1 aromatic carbocycles. The van der Waals surface area contributed by atoms with Gasteiger partial charge < -0.3 is 0 Å². The minimum Gasteiger partial charge on any atom is -0.277 e. The van der Waals surface area contributed by atoms with Crippen molar-refractivity contribution in [3.8, 4) is 22.5 Å². The van der Waals surface area contributed by atoms with Gasteiger partial charge in [-0.1, -0.05) is 35.5 Å². The molecule has 0 aliphatic carbocycles. The van der Waals surface area contributed by atoms with E-state index < -0.39 is 10.0 Å². The monoisotopic (exact) mass is 372 g/mol. The van der Waals surface area contributed by atoms with Crippen molar-refractivity contribution in [3.63, 3.8) is 0 Å². The molecule has 2 aromatic heterocycles. The zero-order valence-electron chi connectivity index (χ0n) is 14.2. The van der Waals surface area contributed by atoms with Gasteiger partial charge in [0.15, 0.2) is 0 Å². The van der Waals surface area contributed by atoms with Crippen LogP contribution in [0.15, 0.2) is 42.7 Å². The highest BCUT2D eigenvalue weighted by molar-refractivity contribution is 7.89. The molecule has 1 saturated heterocycles. The van der Waals surface area contributed by atoms with Gasteiger partial charge in [0.05, 0.1) is 30.4 Å². The quantitative estimate of drug-likeness (QED) is 0.711. The van der Waals surface area contributed by atoms with E-state index in [4.69, 9.17) is 0 Å². The number of sulfonamides is 1. The molecule has 3 heterocycles. The summed E-state index contributed by atoms with van der Waals surface area (Å²) in [5.74, 6) is 0.0345. The van der Waals surface area contributed by atoms with Crippen molar-refractivity contribution in [2.75, 3.05) is 18.8 Å². The van der Waals surface area contributed by atoms with E-state index >= 15 is 0 Å². The second-order valence-corrected chi connectivity index (χ2v) is 8.40. The summed E-state index contributed by atoms with van der Waals surface area (Å²) in [4.78, 5) is 0. The maximum atomic E-state index is 12.3. The first-order valence-electron chi connectivity index (χ1n) is 8.60. The molecule has 136 valence electrons. The Morgan fingerprint density at radius 1 is 1.12 bits per heavy atom. The number of rotatable bonds is 6. The Morgan fingerprint density at radius 3 is 2.65 bits per heavy atom. The number of H-pyrrole nitrogens is 1. The molecular formula is C17H20N6O2S. The number of hydrogen-bond donors (Lipinski definition) is 1. The van der Waals surface area contributed by atoms with E-state index in [1.807, 2.05) is 30.3 Å². The van der Waals surface area contributed by atoms with Crippen LogP contribution in [0.3, 0.4) is 0 Å². The standard InChI is InChI=1S/C17H20N6O2S/c24-26(25,23-8-4-5-9-23)11-10-22-13-16(19-21-22)15-12-18-20-17(15)14-6-2-1-3-7-14/h1-3,6-7,12-13H,4-5,8-11H2,(H,18,20). The molecular weight excluding hydrogens is 352 g/mol. The molecule has 1 aliphatic heterocycles. The second kappa shape index (κ2) is 7.00. The molecule has 0 amide bonds. The Balaban J connectivity index is 1.50. The lowest BCUT2D eigenvalue weighted by Gasteiger charge is -2.14. The number of nitrogens with zero attached hydrogens (tertiary/aromatic N) is 5. The van der Waals surface area contributed by atoms with E-state index in [1.165, 1.54) is 0 Å². The van der Waals surface area contributed by atoms with Crippen molar-refractivity contribution in [3.05, 3.63) is 42.7 Å². The summed E-state index contributed by atoms with van der Waals surface area (Å²) in [6, 6.07) is 9.85. The van der Waals surface area contributed by atoms with Crippen LogP contribution >= 0.6 is 0 Å². The molecule has 0 radical (unpaired) electrons. The molecule has 0 atom stereocenters. The lowest BCUT2D eigenvalue weighted by atomic mass is 10.1. The maximum Gasteiger partial charge on any atom is 0.215 e. The van der Waals surface area contributed by atoms with E-state index in [9.17, 15) is 8.42 Å². The van der Waals surface area contributed by atoms with Crippen molar-refractivity contribution in [2.24, 2.45) is 0 Å². The fraction of sp³-hybridized carbons (Fsp3) is 0.353. The van der Waals surface area contributed by atoms with Gasteiger partial charge >= 0.3 is 0 Å². The predicted molar refractivity (Wildman–Crippen MR) is 97.6 cm³/mol. The second-order valence-electron chi connectivity index (χ2n) is 6.31. The van der Waals surface area contributed by atoms with Crippen LogP contribution in [0.4, 0.5) is 0 Å². The van der Waals surface area contributed by atoms with Gasteiger partial charge in [-0.25, -0.2) is 12.7 Å². The van der Waals surface area contributed by atoms with Crippen LogP contribution < -0.4 is 0 Å². The third-order valence-corrected chi connectivity index (χ3v) is 6.40. The van der Waals surface area contributed by atoms with Crippen LogP contribution in [0.5, 0.6) is 0 Å². The van der Waals surface area contributed by atoms with Crippen molar-refractivity contribution in [1.29, 1.82) is 0 Å². The summed E-state index contributed by atoms with van der Waals surface area (Å²) >= 11 is 0. The molecule has 0 unspecified atom stereocenters. The SMILES string of the molecule is O=S(=O)(CCn1cc(-c2cn[nH]c2-c2ccccc2)nn1)N1CCCC1. The van der Waals surface area contributed by atoms with Crippen LogP contribution in [0.1, 0.15) is 12.8 Å². The molecule has 1 fully saturated rings. The number of aromatic amines is 1. The van der Waals surface area contributed by atoms with Crippen LogP contribution in [-0.4, -0.2) is 56.8 Å². The lowest BCUT2D eigenvalue weighted by molar-refractivity contribution is 0.471. The summed E-state index contributed by atoms with van der Waals surface area (Å²) < 4.78 is 27.8. The van der Waals surface area contributed by atoms with Crippen molar-refractivity contribution in [2.45, 2.75) is 19.4 Å². The topological polar surface area (TPSA) is 96.8 Å². The molecule has 1 aliphatic rings. The number of benzene rings is 1.